The summed E-state index contributed by atoms with van der Waals surface area (Å²) in [5.41, 5.74) is 2.81. The van der Waals surface area contributed by atoms with E-state index in [0.717, 1.165) is 88.5 Å². The van der Waals surface area contributed by atoms with Crippen molar-refractivity contribution in [1.82, 2.24) is 0 Å². The minimum atomic E-state index is -0.713. The molecule has 2 aromatic rings. The van der Waals surface area contributed by atoms with Crippen molar-refractivity contribution in [3.63, 3.8) is 0 Å². The Hall–Kier alpha value is -2.92. The molecule has 0 unspecified atom stereocenters. The summed E-state index contributed by atoms with van der Waals surface area (Å²) in [7, 11) is 0. The zero-order valence-corrected chi connectivity index (χ0v) is 24.1. The van der Waals surface area contributed by atoms with E-state index in [1.54, 1.807) is 18.2 Å². The van der Waals surface area contributed by atoms with Crippen LogP contribution in [0, 0.1) is 5.92 Å². The molecule has 0 spiro atoms. The predicted octanol–water partition coefficient (Wildman–Crippen LogP) is 8.95. The summed E-state index contributed by atoms with van der Waals surface area (Å²) in [6, 6.07) is 15.2. The first-order chi connectivity index (χ1) is 19.5. The number of hydrogen-bond donors (Lipinski definition) is 1. The number of allylic oxidation sites excluding steroid dienone is 2. The highest BCUT2D eigenvalue weighted by Crippen LogP contribution is 2.42. The van der Waals surface area contributed by atoms with Crippen LogP contribution in [0.3, 0.4) is 0 Å². The fraction of sp³-hybridized carbons (Fsp3) is 0.500. The third-order valence-electron chi connectivity index (χ3n) is 8.37. The number of hydrogen-bond acceptors (Lipinski definition) is 4. The summed E-state index contributed by atoms with van der Waals surface area (Å²) < 4.78 is 6.15. The fourth-order valence-electron chi connectivity index (χ4n) is 6.13. The van der Waals surface area contributed by atoms with Crippen LogP contribution in [0.15, 0.2) is 59.9 Å². The number of carbonyl (C=O) groups excluding carboxylic acids is 2. The standard InChI is InChI=1S/C34H41ClO5/c35-27-21-19-25(20-22-27)24-15-17-26(18-16-24)31-32(38)28-12-9-10-13-29(28)33(39)34(31)40-23-11-7-5-3-1-2-4-6-8-14-30(36)37/h9-10,12-13,19-22,24,26H,1-8,11,14-18,23H2,(H,36,37). The Morgan fingerprint density at radius 1 is 0.725 bits per heavy atom. The average molecular weight is 565 g/mol. The highest BCUT2D eigenvalue weighted by molar-refractivity contribution is 6.30. The number of ketones is 2. The first-order valence-electron chi connectivity index (χ1n) is 15.0. The topological polar surface area (TPSA) is 80.7 Å². The molecule has 0 radical (unpaired) electrons. The van der Waals surface area contributed by atoms with Crippen LogP contribution in [-0.4, -0.2) is 29.2 Å². The van der Waals surface area contributed by atoms with Gasteiger partial charge in [0.25, 0.3) is 0 Å². The predicted molar refractivity (Wildman–Crippen MR) is 158 cm³/mol. The normalized spacial score (nSPS) is 19.0. The lowest BCUT2D eigenvalue weighted by Gasteiger charge is -2.32. The Labute approximate surface area is 243 Å². The van der Waals surface area contributed by atoms with E-state index < -0.39 is 5.97 Å². The first-order valence-corrected chi connectivity index (χ1v) is 15.4. The van der Waals surface area contributed by atoms with Crippen molar-refractivity contribution in [3.05, 3.63) is 81.6 Å². The number of benzene rings is 2. The molecular formula is C34H41ClO5. The molecule has 6 heteroatoms. The maximum Gasteiger partial charge on any atom is 0.303 e. The molecular weight excluding hydrogens is 524 g/mol. The Bertz CT molecular complexity index is 1190. The lowest BCUT2D eigenvalue weighted by atomic mass is 9.72. The minimum absolute atomic E-state index is 0.0267. The number of carboxylic acid groups (broad SMARTS) is 1. The number of ether oxygens (including phenoxy) is 1. The van der Waals surface area contributed by atoms with Crippen LogP contribution in [0.1, 0.15) is 122 Å². The molecule has 1 fully saturated rings. The van der Waals surface area contributed by atoms with Gasteiger partial charge in [0.15, 0.2) is 11.5 Å². The van der Waals surface area contributed by atoms with Gasteiger partial charge >= 0.3 is 5.97 Å². The van der Waals surface area contributed by atoms with E-state index in [1.807, 2.05) is 18.2 Å². The van der Waals surface area contributed by atoms with Gasteiger partial charge < -0.3 is 9.84 Å². The Balaban J connectivity index is 1.30. The van der Waals surface area contributed by atoms with Crippen LogP contribution < -0.4 is 0 Å². The number of rotatable bonds is 15. The summed E-state index contributed by atoms with van der Waals surface area (Å²) in [5.74, 6) is -0.185. The summed E-state index contributed by atoms with van der Waals surface area (Å²) in [6.45, 7) is 0.440. The van der Waals surface area contributed by atoms with E-state index in [-0.39, 0.29) is 29.7 Å². The molecule has 40 heavy (non-hydrogen) atoms. The fourth-order valence-corrected chi connectivity index (χ4v) is 6.25. The van der Waals surface area contributed by atoms with Gasteiger partial charge in [-0.3, -0.25) is 14.4 Å². The molecule has 2 aliphatic carbocycles. The van der Waals surface area contributed by atoms with Crippen molar-refractivity contribution in [1.29, 1.82) is 0 Å². The van der Waals surface area contributed by atoms with Gasteiger partial charge in [-0.05, 0) is 68.1 Å². The van der Waals surface area contributed by atoms with Crippen molar-refractivity contribution in [2.45, 2.75) is 95.8 Å². The molecule has 0 heterocycles. The summed E-state index contributed by atoms with van der Waals surface area (Å²) in [6.07, 6.45) is 13.2. The van der Waals surface area contributed by atoms with Gasteiger partial charge in [0, 0.05) is 28.1 Å². The van der Waals surface area contributed by atoms with E-state index in [4.69, 9.17) is 21.4 Å². The van der Waals surface area contributed by atoms with Crippen molar-refractivity contribution in [2.24, 2.45) is 5.92 Å². The lowest BCUT2D eigenvalue weighted by Crippen LogP contribution is -2.29. The van der Waals surface area contributed by atoms with E-state index in [0.29, 0.717) is 29.2 Å². The van der Waals surface area contributed by atoms with E-state index >= 15 is 0 Å². The molecule has 0 aromatic heterocycles. The van der Waals surface area contributed by atoms with Crippen LogP contribution in [0.4, 0.5) is 0 Å². The van der Waals surface area contributed by atoms with Gasteiger partial charge in [-0.15, -0.1) is 0 Å². The van der Waals surface area contributed by atoms with E-state index in [9.17, 15) is 14.4 Å². The van der Waals surface area contributed by atoms with Gasteiger partial charge in [-0.1, -0.05) is 92.9 Å². The van der Waals surface area contributed by atoms with Crippen molar-refractivity contribution < 1.29 is 24.2 Å². The van der Waals surface area contributed by atoms with Crippen LogP contribution in [0.2, 0.25) is 5.02 Å². The molecule has 214 valence electrons. The third kappa shape index (κ3) is 8.06. The highest BCUT2D eigenvalue weighted by Gasteiger charge is 2.38. The molecule has 0 bridgehead atoms. The largest absolute Gasteiger partial charge is 0.489 e. The van der Waals surface area contributed by atoms with Crippen LogP contribution in [0.5, 0.6) is 0 Å². The van der Waals surface area contributed by atoms with E-state index in [1.165, 1.54) is 5.56 Å². The molecule has 0 amide bonds. The lowest BCUT2D eigenvalue weighted by molar-refractivity contribution is -0.137. The number of halogens is 1. The van der Waals surface area contributed by atoms with Crippen LogP contribution in [0.25, 0.3) is 0 Å². The van der Waals surface area contributed by atoms with Crippen molar-refractivity contribution in [3.8, 4) is 0 Å². The summed E-state index contributed by atoms with van der Waals surface area (Å²) in [5, 5.41) is 9.43. The number of unbranched alkanes of at least 4 members (excludes halogenated alkanes) is 8. The SMILES string of the molecule is O=C(O)CCCCCCCCCCCOC1=C(C2CCC(c3ccc(Cl)cc3)CC2)C(=O)c2ccccc2C1=O. The number of Topliss-reactive ketones (excluding diaryl/α,β-unsaturated/α-hetero) is 2. The smallest absolute Gasteiger partial charge is 0.303 e. The molecule has 1 saturated carbocycles. The van der Waals surface area contributed by atoms with Crippen molar-refractivity contribution in [2.75, 3.05) is 6.61 Å². The minimum Gasteiger partial charge on any atom is -0.489 e. The Morgan fingerprint density at radius 3 is 1.85 bits per heavy atom. The molecule has 2 aliphatic rings. The zero-order chi connectivity index (χ0) is 28.3. The maximum absolute atomic E-state index is 13.7. The van der Waals surface area contributed by atoms with Crippen LogP contribution in [-0.2, 0) is 9.53 Å². The first kappa shape index (κ1) is 30.0. The number of carbonyl (C=O) groups is 3. The molecule has 0 atom stereocenters. The second-order valence-electron chi connectivity index (χ2n) is 11.2. The maximum atomic E-state index is 13.7. The quantitative estimate of drug-likeness (QED) is 0.218. The molecule has 2 aromatic carbocycles. The number of aliphatic carboxylic acids is 1. The zero-order valence-electron chi connectivity index (χ0n) is 23.3. The molecule has 1 N–H and O–H groups in total. The molecule has 5 nitrogen and oxygen atoms in total. The average Bonchev–Trinajstić information content (AvgIpc) is 2.96. The van der Waals surface area contributed by atoms with E-state index in [2.05, 4.69) is 12.1 Å². The van der Waals surface area contributed by atoms with Crippen LogP contribution >= 0.6 is 11.6 Å². The van der Waals surface area contributed by atoms with Gasteiger partial charge in [-0.2, -0.15) is 0 Å². The summed E-state index contributed by atoms with van der Waals surface area (Å²) >= 11 is 6.07. The second-order valence-corrected chi connectivity index (χ2v) is 11.7. The third-order valence-corrected chi connectivity index (χ3v) is 8.62. The summed E-state index contributed by atoms with van der Waals surface area (Å²) in [4.78, 5) is 37.7. The second kappa shape index (κ2) is 15.2. The Morgan fingerprint density at radius 2 is 1.25 bits per heavy atom. The number of carboxylic acids is 1. The van der Waals surface area contributed by atoms with Gasteiger partial charge in [-0.25, -0.2) is 0 Å². The van der Waals surface area contributed by atoms with Gasteiger partial charge in [0.05, 0.1) is 6.61 Å². The molecule has 0 saturated heterocycles. The van der Waals surface area contributed by atoms with Crippen molar-refractivity contribution >= 4 is 29.1 Å². The monoisotopic (exact) mass is 564 g/mol. The number of fused-ring (bicyclic) bond motifs is 1. The van der Waals surface area contributed by atoms with Gasteiger partial charge in [0.2, 0.25) is 5.78 Å². The Kier molecular flexibility index (Phi) is 11.4. The highest BCUT2D eigenvalue weighted by atomic mass is 35.5. The van der Waals surface area contributed by atoms with Gasteiger partial charge in [0.1, 0.15) is 0 Å². The molecule has 0 aliphatic heterocycles. The molecule has 4 rings (SSSR count).